The number of nitrogens with zero attached hydrogens (tertiary/aromatic N) is 1. The molecule has 0 atom stereocenters. The Balaban J connectivity index is 1.85. The number of methoxy groups -OCH3 is 1. The van der Waals surface area contributed by atoms with E-state index >= 15 is 0 Å². The first-order valence-electron chi connectivity index (χ1n) is 7.38. The largest absolute Gasteiger partial charge is 0.497 e. The molecule has 0 aliphatic carbocycles. The molecule has 3 aromatic rings. The number of hydrogen-bond donors (Lipinski definition) is 1. The van der Waals surface area contributed by atoms with E-state index in [-0.39, 0.29) is 11.5 Å². The van der Waals surface area contributed by atoms with Crippen molar-refractivity contribution < 1.29 is 23.8 Å². The Labute approximate surface area is 143 Å². The van der Waals surface area contributed by atoms with Gasteiger partial charge in [-0.1, -0.05) is 0 Å². The Bertz CT molecular complexity index is 892. The summed E-state index contributed by atoms with van der Waals surface area (Å²) < 4.78 is 23.6. The number of benzene rings is 2. The maximum Gasteiger partial charge on any atom is 0.354 e. The quantitative estimate of drug-likeness (QED) is 0.747. The SMILES string of the molecule is COc1cc(C(=O)O)nc(-c2ccc(Oc3ccc(F)cc3)cc2)c1. The summed E-state index contributed by atoms with van der Waals surface area (Å²) >= 11 is 0. The molecule has 2 aromatic carbocycles. The van der Waals surface area contributed by atoms with Crippen molar-refractivity contribution in [3.8, 4) is 28.5 Å². The molecule has 0 radical (unpaired) electrons. The van der Waals surface area contributed by atoms with E-state index in [9.17, 15) is 9.18 Å². The van der Waals surface area contributed by atoms with Crippen LogP contribution < -0.4 is 9.47 Å². The van der Waals surface area contributed by atoms with Crippen LogP contribution in [0.2, 0.25) is 0 Å². The number of ether oxygens (including phenoxy) is 2. The third-order valence-corrected chi connectivity index (χ3v) is 3.45. The highest BCUT2D eigenvalue weighted by Crippen LogP contribution is 2.27. The molecule has 0 aliphatic heterocycles. The van der Waals surface area contributed by atoms with E-state index in [2.05, 4.69) is 4.98 Å². The number of rotatable bonds is 5. The summed E-state index contributed by atoms with van der Waals surface area (Å²) in [4.78, 5) is 15.3. The Morgan fingerprint density at radius 2 is 1.56 bits per heavy atom. The minimum Gasteiger partial charge on any atom is -0.497 e. The monoisotopic (exact) mass is 339 g/mol. The van der Waals surface area contributed by atoms with E-state index < -0.39 is 5.97 Å². The summed E-state index contributed by atoms with van der Waals surface area (Å²) in [6, 6.07) is 15.7. The number of halogens is 1. The van der Waals surface area contributed by atoms with E-state index in [4.69, 9.17) is 14.6 Å². The van der Waals surface area contributed by atoms with Crippen LogP contribution in [0.5, 0.6) is 17.2 Å². The van der Waals surface area contributed by atoms with Crippen molar-refractivity contribution in [3.05, 3.63) is 72.2 Å². The summed E-state index contributed by atoms with van der Waals surface area (Å²) in [6.45, 7) is 0. The summed E-state index contributed by atoms with van der Waals surface area (Å²) in [5.41, 5.74) is 1.10. The highest BCUT2D eigenvalue weighted by Gasteiger charge is 2.11. The Hall–Kier alpha value is -3.41. The van der Waals surface area contributed by atoms with Crippen LogP contribution in [0, 0.1) is 5.82 Å². The van der Waals surface area contributed by atoms with Crippen molar-refractivity contribution in [2.24, 2.45) is 0 Å². The highest BCUT2D eigenvalue weighted by atomic mass is 19.1. The fraction of sp³-hybridized carbons (Fsp3) is 0.0526. The first-order chi connectivity index (χ1) is 12.0. The van der Waals surface area contributed by atoms with Crippen molar-refractivity contribution in [3.63, 3.8) is 0 Å². The summed E-state index contributed by atoms with van der Waals surface area (Å²) in [5, 5.41) is 9.14. The van der Waals surface area contributed by atoms with E-state index in [1.54, 1.807) is 30.3 Å². The molecule has 3 rings (SSSR count). The predicted molar refractivity (Wildman–Crippen MR) is 89.7 cm³/mol. The van der Waals surface area contributed by atoms with Gasteiger partial charge in [0.25, 0.3) is 0 Å². The van der Waals surface area contributed by atoms with Crippen LogP contribution >= 0.6 is 0 Å². The lowest BCUT2D eigenvalue weighted by atomic mass is 10.1. The lowest BCUT2D eigenvalue weighted by Gasteiger charge is -2.08. The van der Waals surface area contributed by atoms with Gasteiger partial charge < -0.3 is 14.6 Å². The Morgan fingerprint density at radius 1 is 0.960 bits per heavy atom. The van der Waals surface area contributed by atoms with Gasteiger partial charge in [-0.2, -0.15) is 0 Å². The van der Waals surface area contributed by atoms with Crippen molar-refractivity contribution in [1.82, 2.24) is 4.98 Å². The van der Waals surface area contributed by atoms with Crippen molar-refractivity contribution >= 4 is 5.97 Å². The third-order valence-electron chi connectivity index (χ3n) is 3.45. The number of aromatic carboxylic acids is 1. The molecule has 0 unspecified atom stereocenters. The molecule has 1 aromatic heterocycles. The summed E-state index contributed by atoms with van der Waals surface area (Å²) in [7, 11) is 1.46. The van der Waals surface area contributed by atoms with Gasteiger partial charge in [-0.3, -0.25) is 0 Å². The van der Waals surface area contributed by atoms with E-state index in [0.717, 1.165) is 0 Å². The average molecular weight is 339 g/mol. The molecule has 0 spiro atoms. The molecule has 0 saturated carbocycles. The molecule has 0 amide bonds. The molecular weight excluding hydrogens is 325 g/mol. The van der Waals surface area contributed by atoms with Crippen LogP contribution in [0.3, 0.4) is 0 Å². The molecule has 0 saturated heterocycles. The van der Waals surface area contributed by atoms with Crippen LogP contribution in [0.25, 0.3) is 11.3 Å². The minimum atomic E-state index is -1.13. The number of carboxylic acids is 1. The summed E-state index contributed by atoms with van der Waals surface area (Å²) in [6.07, 6.45) is 0. The molecule has 1 heterocycles. The first kappa shape index (κ1) is 16.4. The molecule has 6 heteroatoms. The zero-order valence-corrected chi connectivity index (χ0v) is 13.3. The molecule has 25 heavy (non-hydrogen) atoms. The van der Waals surface area contributed by atoms with Gasteiger partial charge in [0.15, 0.2) is 5.69 Å². The lowest BCUT2D eigenvalue weighted by Crippen LogP contribution is -2.02. The first-order valence-corrected chi connectivity index (χ1v) is 7.38. The van der Waals surface area contributed by atoms with E-state index in [0.29, 0.717) is 28.5 Å². The normalized spacial score (nSPS) is 10.3. The number of carbonyl (C=O) groups is 1. The maximum absolute atomic E-state index is 12.9. The second kappa shape index (κ2) is 7.00. The molecule has 126 valence electrons. The second-order valence-corrected chi connectivity index (χ2v) is 5.16. The molecule has 0 aliphatic rings. The van der Waals surface area contributed by atoms with Crippen molar-refractivity contribution in [2.45, 2.75) is 0 Å². The standard InChI is InChI=1S/C19H14FNO4/c1-24-16-10-17(21-18(11-16)19(22)23)12-2-6-14(7-3-12)25-15-8-4-13(20)5-9-15/h2-11H,1H3,(H,22,23). The second-order valence-electron chi connectivity index (χ2n) is 5.16. The average Bonchev–Trinajstić information content (AvgIpc) is 2.64. The lowest BCUT2D eigenvalue weighted by molar-refractivity contribution is 0.0690. The fourth-order valence-electron chi connectivity index (χ4n) is 2.21. The van der Waals surface area contributed by atoms with Gasteiger partial charge in [0.05, 0.1) is 12.8 Å². The van der Waals surface area contributed by atoms with Gasteiger partial charge in [0.1, 0.15) is 23.1 Å². The van der Waals surface area contributed by atoms with Crippen LogP contribution in [0.15, 0.2) is 60.7 Å². The van der Waals surface area contributed by atoms with Gasteiger partial charge in [-0.25, -0.2) is 14.2 Å². The molecule has 0 fully saturated rings. The number of pyridine rings is 1. The molecule has 5 nitrogen and oxygen atoms in total. The maximum atomic E-state index is 12.9. The van der Waals surface area contributed by atoms with Crippen LogP contribution in [-0.2, 0) is 0 Å². The van der Waals surface area contributed by atoms with Gasteiger partial charge in [-0.15, -0.1) is 0 Å². The van der Waals surface area contributed by atoms with Crippen LogP contribution in [0.1, 0.15) is 10.5 Å². The number of carboxylic acid groups (broad SMARTS) is 1. The number of hydrogen-bond acceptors (Lipinski definition) is 4. The van der Waals surface area contributed by atoms with Crippen molar-refractivity contribution in [2.75, 3.05) is 7.11 Å². The van der Waals surface area contributed by atoms with Crippen LogP contribution in [-0.4, -0.2) is 23.2 Å². The van der Waals surface area contributed by atoms with Crippen LogP contribution in [0.4, 0.5) is 4.39 Å². The zero-order valence-electron chi connectivity index (χ0n) is 13.3. The van der Waals surface area contributed by atoms with Gasteiger partial charge in [0, 0.05) is 17.7 Å². The Kier molecular flexibility index (Phi) is 4.61. The zero-order chi connectivity index (χ0) is 17.8. The highest BCUT2D eigenvalue weighted by molar-refractivity contribution is 5.86. The predicted octanol–water partition coefficient (Wildman–Crippen LogP) is 4.39. The fourth-order valence-corrected chi connectivity index (χ4v) is 2.21. The molecule has 0 bridgehead atoms. The van der Waals surface area contributed by atoms with E-state index in [1.807, 2.05) is 0 Å². The van der Waals surface area contributed by atoms with Gasteiger partial charge in [-0.05, 0) is 48.5 Å². The topological polar surface area (TPSA) is 68.7 Å². The van der Waals surface area contributed by atoms with Gasteiger partial charge >= 0.3 is 5.97 Å². The third kappa shape index (κ3) is 3.92. The number of aromatic nitrogens is 1. The minimum absolute atomic E-state index is 0.0963. The summed E-state index contributed by atoms with van der Waals surface area (Å²) in [5.74, 6) is 0.0324. The smallest absolute Gasteiger partial charge is 0.354 e. The van der Waals surface area contributed by atoms with Crippen molar-refractivity contribution in [1.29, 1.82) is 0 Å². The van der Waals surface area contributed by atoms with E-state index in [1.165, 1.54) is 37.4 Å². The van der Waals surface area contributed by atoms with Gasteiger partial charge in [0.2, 0.25) is 0 Å². The Morgan fingerprint density at radius 3 is 2.12 bits per heavy atom. The molecular formula is C19H14FNO4. The molecule has 1 N–H and O–H groups in total.